The van der Waals surface area contributed by atoms with Crippen LogP contribution in [0, 0.1) is 0 Å². The van der Waals surface area contributed by atoms with Gasteiger partial charge in [-0.15, -0.1) is 0 Å². The van der Waals surface area contributed by atoms with Crippen LogP contribution in [0.15, 0.2) is 18.2 Å². The molecule has 118 valence electrons. The van der Waals surface area contributed by atoms with E-state index in [2.05, 4.69) is 17.4 Å². The van der Waals surface area contributed by atoms with Crippen molar-refractivity contribution in [2.24, 2.45) is 0 Å². The Bertz CT molecular complexity index is 590. The number of carbonyl (C=O) groups is 2. The molecule has 1 amide bonds. The molecule has 1 saturated heterocycles. The van der Waals surface area contributed by atoms with Crippen molar-refractivity contribution in [2.75, 3.05) is 13.2 Å². The number of carboxylic acid groups (broad SMARTS) is 1. The molecule has 3 rings (SSSR count). The van der Waals surface area contributed by atoms with Crippen LogP contribution < -0.4 is 5.32 Å². The van der Waals surface area contributed by atoms with Gasteiger partial charge in [-0.2, -0.15) is 0 Å². The normalized spacial score (nSPS) is 19.5. The number of aliphatic carboxylic acids is 1. The predicted molar refractivity (Wildman–Crippen MR) is 80.7 cm³/mol. The molecule has 0 saturated carbocycles. The summed E-state index contributed by atoms with van der Waals surface area (Å²) in [6, 6.07) is 6.15. The monoisotopic (exact) mass is 303 g/mol. The summed E-state index contributed by atoms with van der Waals surface area (Å²) in [5.74, 6) is -1.21. The van der Waals surface area contributed by atoms with E-state index in [0.717, 1.165) is 18.4 Å². The van der Waals surface area contributed by atoms with Crippen molar-refractivity contribution in [3.63, 3.8) is 0 Å². The number of benzene rings is 1. The molecule has 1 aliphatic heterocycles. The van der Waals surface area contributed by atoms with Crippen molar-refractivity contribution >= 4 is 11.9 Å². The number of rotatable bonds is 4. The highest BCUT2D eigenvalue weighted by Gasteiger charge is 2.41. The van der Waals surface area contributed by atoms with E-state index in [0.29, 0.717) is 26.1 Å². The van der Waals surface area contributed by atoms with Crippen LogP contribution >= 0.6 is 0 Å². The van der Waals surface area contributed by atoms with Crippen LogP contribution in [0.25, 0.3) is 0 Å². The minimum atomic E-state index is -1.17. The molecule has 2 N–H and O–H groups in total. The molecule has 1 aliphatic carbocycles. The SMILES string of the molecule is O=C(Cc1ccc2c(c1)CCC2)NC1(C(=O)O)CCOCC1. The maximum absolute atomic E-state index is 12.3. The van der Waals surface area contributed by atoms with Crippen LogP contribution in [0.5, 0.6) is 0 Å². The lowest BCUT2D eigenvalue weighted by Crippen LogP contribution is -2.57. The van der Waals surface area contributed by atoms with Gasteiger partial charge in [-0.3, -0.25) is 4.79 Å². The first kappa shape index (κ1) is 15.0. The largest absolute Gasteiger partial charge is 0.480 e. The van der Waals surface area contributed by atoms with Gasteiger partial charge in [0.1, 0.15) is 5.54 Å². The van der Waals surface area contributed by atoms with Crippen LogP contribution in [-0.4, -0.2) is 35.7 Å². The second-order valence-corrected chi connectivity index (χ2v) is 6.18. The number of aryl methyl sites for hydroxylation is 2. The minimum Gasteiger partial charge on any atom is -0.480 e. The third-order valence-corrected chi connectivity index (χ3v) is 4.66. The van der Waals surface area contributed by atoms with Gasteiger partial charge in [-0.25, -0.2) is 4.79 Å². The van der Waals surface area contributed by atoms with Crippen LogP contribution in [0.4, 0.5) is 0 Å². The summed E-state index contributed by atoms with van der Waals surface area (Å²) >= 11 is 0. The minimum absolute atomic E-state index is 0.225. The zero-order chi connectivity index (χ0) is 15.6. The number of ether oxygens (including phenoxy) is 1. The highest BCUT2D eigenvalue weighted by atomic mass is 16.5. The van der Waals surface area contributed by atoms with Gasteiger partial charge in [-0.05, 0) is 36.0 Å². The second-order valence-electron chi connectivity index (χ2n) is 6.18. The lowest BCUT2D eigenvalue weighted by atomic mass is 9.89. The summed E-state index contributed by atoms with van der Waals surface area (Å²) in [5.41, 5.74) is 2.47. The number of hydrogen-bond acceptors (Lipinski definition) is 3. The molecule has 0 radical (unpaired) electrons. The number of carboxylic acids is 1. The Balaban J connectivity index is 1.67. The highest BCUT2D eigenvalue weighted by molar-refractivity contribution is 5.88. The number of fused-ring (bicyclic) bond motifs is 1. The molecule has 1 heterocycles. The van der Waals surface area contributed by atoms with Gasteiger partial charge < -0.3 is 15.2 Å². The molecule has 1 aromatic carbocycles. The van der Waals surface area contributed by atoms with Gasteiger partial charge in [0, 0.05) is 26.1 Å². The van der Waals surface area contributed by atoms with Crippen LogP contribution in [0.3, 0.4) is 0 Å². The van der Waals surface area contributed by atoms with Crippen molar-refractivity contribution < 1.29 is 19.4 Å². The molecule has 2 aliphatic rings. The van der Waals surface area contributed by atoms with Crippen molar-refractivity contribution in [2.45, 2.75) is 44.1 Å². The van der Waals surface area contributed by atoms with E-state index in [4.69, 9.17) is 4.74 Å². The zero-order valence-electron chi connectivity index (χ0n) is 12.6. The maximum atomic E-state index is 12.3. The Kier molecular flexibility index (Phi) is 4.16. The van der Waals surface area contributed by atoms with E-state index >= 15 is 0 Å². The van der Waals surface area contributed by atoms with Gasteiger partial charge in [0.2, 0.25) is 5.91 Å². The first-order chi connectivity index (χ1) is 10.6. The fourth-order valence-electron chi connectivity index (χ4n) is 3.34. The molecule has 1 fully saturated rings. The summed E-state index contributed by atoms with van der Waals surface area (Å²) in [7, 11) is 0. The number of carbonyl (C=O) groups excluding carboxylic acids is 1. The lowest BCUT2D eigenvalue weighted by Gasteiger charge is -2.33. The van der Waals surface area contributed by atoms with Crippen molar-refractivity contribution in [3.05, 3.63) is 34.9 Å². The second kappa shape index (κ2) is 6.08. The predicted octanol–water partition coefficient (Wildman–Crippen LogP) is 1.47. The molecule has 1 aromatic rings. The molecule has 5 heteroatoms. The van der Waals surface area contributed by atoms with Crippen molar-refractivity contribution in [3.8, 4) is 0 Å². The molecule has 0 atom stereocenters. The third-order valence-electron chi connectivity index (χ3n) is 4.66. The van der Waals surface area contributed by atoms with Gasteiger partial charge in [0.05, 0.1) is 6.42 Å². The maximum Gasteiger partial charge on any atom is 0.329 e. The summed E-state index contributed by atoms with van der Waals surface area (Å²) in [4.78, 5) is 23.8. The van der Waals surface area contributed by atoms with Crippen LogP contribution in [-0.2, 0) is 33.6 Å². The van der Waals surface area contributed by atoms with Crippen molar-refractivity contribution in [1.82, 2.24) is 5.32 Å². The van der Waals surface area contributed by atoms with E-state index in [9.17, 15) is 14.7 Å². The number of amides is 1. The fourth-order valence-corrected chi connectivity index (χ4v) is 3.34. The highest BCUT2D eigenvalue weighted by Crippen LogP contribution is 2.24. The number of nitrogens with one attached hydrogen (secondary N) is 1. The molecule has 5 nitrogen and oxygen atoms in total. The fraction of sp³-hybridized carbons (Fsp3) is 0.529. The van der Waals surface area contributed by atoms with Gasteiger partial charge in [0.15, 0.2) is 0 Å². The van der Waals surface area contributed by atoms with Crippen LogP contribution in [0.1, 0.15) is 36.0 Å². The van der Waals surface area contributed by atoms with Crippen molar-refractivity contribution in [1.29, 1.82) is 0 Å². The standard InChI is InChI=1S/C17H21NO4/c19-15(18-17(16(20)21)6-8-22-9-7-17)11-12-4-5-13-2-1-3-14(13)10-12/h4-5,10H,1-3,6-9,11H2,(H,18,19)(H,20,21). The van der Waals surface area contributed by atoms with E-state index in [1.807, 2.05) is 6.07 Å². The quantitative estimate of drug-likeness (QED) is 0.883. The Morgan fingerprint density at radius 1 is 1.18 bits per heavy atom. The average Bonchev–Trinajstić information content (AvgIpc) is 2.95. The Morgan fingerprint density at radius 3 is 2.64 bits per heavy atom. The smallest absolute Gasteiger partial charge is 0.329 e. The first-order valence-electron chi connectivity index (χ1n) is 7.82. The molecule has 0 aromatic heterocycles. The Morgan fingerprint density at radius 2 is 1.91 bits per heavy atom. The molecular formula is C17H21NO4. The topological polar surface area (TPSA) is 75.6 Å². The first-order valence-corrected chi connectivity index (χ1v) is 7.82. The summed E-state index contributed by atoms with van der Waals surface area (Å²) < 4.78 is 5.21. The summed E-state index contributed by atoms with van der Waals surface area (Å²) in [6.07, 6.45) is 4.22. The van der Waals surface area contributed by atoms with Crippen LogP contribution in [0.2, 0.25) is 0 Å². The summed E-state index contributed by atoms with van der Waals surface area (Å²) in [6.45, 7) is 0.733. The molecular weight excluding hydrogens is 282 g/mol. The molecule has 22 heavy (non-hydrogen) atoms. The molecule has 0 unspecified atom stereocenters. The van der Waals surface area contributed by atoms with Gasteiger partial charge in [0.25, 0.3) is 0 Å². The van der Waals surface area contributed by atoms with Gasteiger partial charge >= 0.3 is 5.97 Å². The number of hydrogen-bond donors (Lipinski definition) is 2. The molecule has 0 bridgehead atoms. The Labute approximate surface area is 129 Å². The zero-order valence-corrected chi connectivity index (χ0v) is 12.6. The van der Waals surface area contributed by atoms with E-state index in [1.54, 1.807) is 0 Å². The van der Waals surface area contributed by atoms with Gasteiger partial charge in [-0.1, -0.05) is 18.2 Å². The third kappa shape index (κ3) is 2.99. The Hall–Kier alpha value is -1.88. The lowest BCUT2D eigenvalue weighted by molar-refractivity contribution is -0.152. The average molecular weight is 303 g/mol. The molecule has 0 spiro atoms. The van der Waals surface area contributed by atoms with E-state index in [1.165, 1.54) is 17.5 Å². The van der Waals surface area contributed by atoms with E-state index in [-0.39, 0.29) is 12.3 Å². The van der Waals surface area contributed by atoms with E-state index < -0.39 is 11.5 Å². The summed E-state index contributed by atoms with van der Waals surface area (Å²) in [5, 5.41) is 12.2.